The fraction of sp³-hybridized carbons (Fsp3) is 0.0714. The maximum Gasteiger partial charge on any atom is 0.293 e. The maximum atomic E-state index is 13.0. The van der Waals surface area contributed by atoms with Crippen molar-refractivity contribution in [2.75, 3.05) is 0 Å². The highest BCUT2D eigenvalue weighted by molar-refractivity contribution is 9.10. The van der Waals surface area contributed by atoms with Crippen LogP contribution in [-0.4, -0.2) is 16.0 Å². The Labute approximate surface area is 220 Å². The number of ether oxygens (including phenoxy) is 1. The maximum absolute atomic E-state index is 13.0. The van der Waals surface area contributed by atoms with Gasteiger partial charge in [0.1, 0.15) is 12.4 Å². The Kier molecular flexibility index (Phi) is 6.95. The van der Waals surface area contributed by atoms with Crippen molar-refractivity contribution in [1.82, 2.24) is 4.90 Å². The van der Waals surface area contributed by atoms with Crippen LogP contribution in [0.25, 0.3) is 16.8 Å². The van der Waals surface area contributed by atoms with Crippen molar-refractivity contribution >= 4 is 67.3 Å². The van der Waals surface area contributed by atoms with Gasteiger partial charge in [-0.1, -0.05) is 72.3 Å². The van der Waals surface area contributed by atoms with E-state index in [0.717, 1.165) is 43.7 Å². The molecule has 0 aromatic heterocycles. The highest BCUT2D eigenvalue weighted by Gasteiger charge is 2.35. The number of hydrogen-bond acceptors (Lipinski definition) is 4. The number of nitrogens with zero attached hydrogens (tertiary/aromatic N) is 1. The number of halogens is 2. The predicted molar refractivity (Wildman–Crippen MR) is 145 cm³/mol. The lowest BCUT2D eigenvalue weighted by atomic mass is 10.1. The molecule has 4 aromatic carbocycles. The number of imide groups is 1. The molecular weight excluding hydrogens is 546 g/mol. The summed E-state index contributed by atoms with van der Waals surface area (Å²) in [4.78, 5) is 27.3. The van der Waals surface area contributed by atoms with Gasteiger partial charge in [0.05, 0.1) is 15.9 Å². The van der Waals surface area contributed by atoms with Crippen LogP contribution < -0.4 is 4.74 Å². The molecule has 4 aromatic rings. The molecule has 4 nitrogen and oxygen atoms in total. The smallest absolute Gasteiger partial charge is 0.293 e. The second-order valence-electron chi connectivity index (χ2n) is 8.02. The first kappa shape index (κ1) is 23.7. The molecule has 1 aliphatic rings. The van der Waals surface area contributed by atoms with E-state index in [4.69, 9.17) is 16.3 Å². The van der Waals surface area contributed by atoms with Gasteiger partial charge in [-0.3, -0.25) is 14.5 Å². The van der Waals surface area contributed by atoms with Gasteiger partial charge in [-0.05, 0) is 79.9 Å². The molecule has 0 aliphatic carbocycles. The number of fused-ring (bicyclic) bond motifs is 1. The minimum absolute atomic E-state index is 0.241. The Morgan fingerprint density at radius 3 is 2.49 bits per heavy atom. The number of carbonyl (C=O) groups is 2. The van der Waals surface area contributed by atoms with Crippen LogP contribution in [0.2, 0.25) is 5.02 Å². The zero-order valence-electron chi connectivity index (χ0n) is 18.4. The topological polar surface area (TPSA) is 46.6 Å². The van der Waals surface area contributed by atoms with Crippen LogP contribution in [0.4, 0.5) is 4.79 Å². The van der Waals surface area contributed by atoms with E-state index >= 15 is 0 Å². The first-order valence-corrected chi connectivity index (χ1v) is 12.9. The molecule has 0 spiro atoms. The lowest BCUT2D eigenvalue weighted by Crippen LogP contribution is -2.27. The van der Waals surface area contributed by atoms with Crippen LogP contribution in [0.3, 0.4) is 0 Å². The molecule has 0 bridgehead atoms. The average Bonchev–Trinajstić information content (AvgIpc) is 3.11. The molecule has 7 heteroatoms. The van der Waals surface area contributed by atoms with Gasteiger partial charge in [0, 0.05) is 10.6 Å². The van der Waals surface area contributed by atoms with Gasteiger partial charge < -0.3 is 4.74 Å². The van der Waals surface area contributed by atoms with E-state index in [1.54, 1.807) is 6.08 Å². The highest BCUT2D eigenvalue weighted by Crippen LogP contribution is 2.35. The average molecular weight is 565 g/mol. The van der Waals surface area contributed by atoms with E-state index in [1.165, 1.54) is 4.90 Å². The zero-order chi connectivity index (χ0) is 24.4. The van der Waals surface area contributed by atoms with Crippen LogP contribution in [0.1, 0.15) is 16.7 Å². The van der Waals surface area contributed by atoms with Crippen molar-refractivity contribution in [3.63, 3.8) is 0 Å². The fourth-order valence-electron chi connectivity index (χ4n) is 3.80. The normalized spacial score (nSPS) is 14.8. The van der Waals surface area contributed by atoms with Crippen molar-refractivity contribution in [2.45, 2.75) is 13.2 Å². The first-order valence-electron chi connectivity index (χ1n) is 10.9. The predicted octanol–water partition coefficient (Wildman–Crippen LogP) is 8.07. The number of carbonyl (C=O) groups excluding carboxylic acids is 2. The van der Waals surface area contributed by atoms with Gasteiger partial charge in [-0.2, -0.15) is 0 Å². The van der Waals surface area contributed by atoms with Gasteiger partial charge >= 0.3 is 0 Å². The van der Waals surface area contributed by atoms with E-state index < -0.39 is 0 Å². The van der Waals surface area contributed by atoms with Crippen molar-refractivity contribution < 1.29 is 14.3 Å². The molecule has 1 heterocycles. The standard InChI is InChI=1S/C28H19BrClNO3S/c29-23-14-18(10-12-25(23)34-17-22-7-3-4-8-24(22)30)15-26-27(32)31(28(33)35-26)16-19-9-11-20-5-1-2-6-21(20)13-19/h1-15H,16-17H2/b26-15-. The van der Waals surface area contributed by atoms with Crippen molar-refractivity contribution in [1.29, 1.82) is 0 Å². The molecule has 2 amide bonds. The number of hydrogen-bond donors (Lipinski definition) is 0. The van der Waals surface area contributed by atoms with Crippen LogP contribution in [-0.2, 0) is 17.9 Å². The van der Waals surface area contributed by atoms with Gasteiger partial charge in [0.15, 0.2) is 0 Å². The molecular formula is C28H19BrClNO3S. The molecule has 1 saturated heterocycles. The number of amides is 2. The largest absolute Gasteiger partial charge is 0.488 e. The van der Waals surface area contributed by atoms with Crippen LogP contribution in [0.5, 0.6) is 5.75 Å². The van der Waals surface area contributed by atoms with Gasteiger partial charge in [0.2, 0.25) is 0 Å². The minimum atomic E-state index is -0.289. The summed E-state index contributed by atoms with van der Waals surface area (Å²) in [7, 11) is 0. The van der Waals surface area contributed by atoms with E-state index in [-0.39, 0.29) is 17.7 Å². The monoisotopic (exact) mass is 563 g/mol. The fourth-order valence-corrected chi connectivity index (χ4v) is 5.34. The summed E-state index contributed by atoms with van der Waals surface area (Å²) in [6.45, 7) is 0.580. The second-order valence-corrected chi connectivity index (χ2v) is 10.3. The third kappa shape index (κ3) is 5.30. The summed E-state index contributed by atoms with van der Waals surface area (Å²) in [6.07, 6.45) is 1.73. The molecule has 0 N–H and O–H groups in total. The molecule has 0 radical (unpaired) electrons. The number of benzene rings is 4. The highest BCUT2D eigenvalue weighted by atomic mass is 79.9. The van der Waals surface area contributed by atoms with Gasteiger partial charge in [0.25, 0.3) is 11.1 Å². The third-order valence-electron chi connectivity index (χ3n) is 5.62. The van der Waals surface area contributed by atoms with Gasteiger partial charge in [-0.15, -0.1) is 0 Å². The third-order valence-corrected chi connectivity index (χ3v) is 7.52. The number of thioether (sulfide) groups is 1. The lowest BCUT2D eigenvalue weighted by Gasteiger charge is -2.13. The molecule has 1 aliphatic heterocycles. The van der Waals surface area contributed by atoms with Gasteiger partial charge in [-0.25, -0.2) is 0 Å². The Hall–Kier alpha value is -3.06. The van der Waals surface area contributed by atoms with Crippen molar-refractivity contribution in [3.05, 3.63) is 116 Å². The second kappa shape index (κ2) is 10.3. The summed E-state index contributed by atoms with van der Waals surface area (Å²) >= 11 is 10.7. The van der Waals surface area contributed by atoms with Crippen LogP contribution in [0.15, 0.2) is 94.3 Å². The Bertz CT molecular complexity index is 1490. The molecule has 0 saturated carbocycles. The first-order chi connectivity index (χ1) is 17.0. The summed E-state index contributed by atoms with van der Waals surface area (Å²) in [5.41, 5.74) is 2.60. The quantitative estimate of drug-likeness (QED) is 0.222. The Morgan fingerprint density at radius 1 is 0.914 bits per heavy atom. The SMILES string of the molecule is O=C1S/C(=C\c2ccc(OCc3ccccc3Cl)c(Br)c2)C(=O)N1Cc1ccc2ccccc2c1. The molecule has 1 fully saturated rings. The minimum Gasteiger partial charge on any atom is -0.488 e. The molecule has 0 unspecified atom stereocenters. The summed E-state index contributed by atoms with van der Waals surface area (Å²) < 4.78 is 6.64. The van der Waals surface area contributed by atoms with Crippen LogP contribution in [0, 0.1) is 0 Å². The van der Waals surface area contributed by atoms with E-state index in [9.17, 15) is 9.59 Å². The number of rotatable bonds is 6. The van der Waals surface area contributed by atoms with Crippen molar-refractivity contribution in [3.8, 4) is 5.75 Å². The van der Waals surface area contributed by atoms with Crippen molar-refractivity contribution in [2.24, 2.45) is 0 Å². The zero-order valence-corrected chi connectivity index (χ0v) is 21.6. The lowest BCUT2D eigenvalue weighted by molar-refractivity contribution is -0.123. The molecule has 174 valence electrons. The summed E-state index contributed by atoms with van der Waals surface area (Å²) in [5.74, 6) is 0.370. The van der Waals surface area contributed by atoms with E-state index in [0.29, 0.717) is 22.3 Å². The molecule has 5 rings (SSSR count). The molecule has 0 atom stereocenters. The van der Waals surface area contributed by atoms with Crippen LogP contribution >= 0.6 is 39.3 Å². The molecule has 35 heavy (non-hydrogen) atoms. The van der Waals surface area contributed by atoms with E-state index in [1.807, 2.05) is 84.9 Å². The van der Waals surface area contributed by atoms with E-state index in [2.05, 4.69) is 15.9 Å². The summed E-state index contributed by atoms with van der Waals surface area (Å²) in [6, 6.07) is 27.1. The Balaban J connectivity index is 1.29. The summed E-state index contributed by atoms with van der Waals surface area (Å²) in [5, 5.41) is 2.58. The Morgan fingerprint density at radius 2 is 1.69 bits per heavy atom.